The number of aryl methyl sites for hydroxylation is 1. The number of aromatic nitrogens is 2. The maximum atomic E-state index is 6.55. The van der Waals surface area contributed by atoms with Crippen LogP contribution in [0.4, 0.5) is 0 Å². The van der Waals surface area contributed by atoms with Crippen LogP contribution in [0.5, 0.6) is 0 Å². The smallest absolute Gasteiger partial charge is 0.114 e. The normalized spacial score (nSPS) is 31.4. The van der Waals surface area contributed by atoms with E-state index in [2.05, 4.69) is 45.6 Å². The molecule has 1 aromatic heterocycles. The average Bonchev–Trinajstić information content (AvgIpc) is 3.13. The monoisotopic (exact) mass is 347 g/mol. The second kappa shape index (κ2) is 5.10. The number of nitrogens with two attached hydrogens (primary N) is 1. The predicted octanol–water partition coefficient (Wildman–Crippen LogP) is 4.05. The fourth-order valence-electron chi connectivity index (χ4n) is 4.55. The van der Waals surface area contributed by atoms with Gasteiger partial charge in [0.1, 0.15) is 5.82 Å². The van der Waals surface area contributed by atoms with Crippen LogP contribution in [0.3, 0.4) is 0 Å². The lowest BCUT2D eigenvalue weighted by atomic mass is 9.84. The van der Waals surface area contributed by atoms with Gasteiger partial charge in [-0.05, 0) is 55.7 Å². The van der Waals surface area contributed by atoms with Crippen LogP contribution < -0.4 is 5.73 Å². The first-order valence-electron chi connectivity index (χ1n) is 8.10. The van der Waals surface area contributed by atoms with Crippen LogP contribution in [0, 0.1) is 11.8 Å². The van der Waals surface area contributed by atoms with Gasteiger partial charge in [0.15, 0.2) is 0 Å². The lowest BCUT2D eigenvalue weighted by molar-refractivity contribution is 0.346. The van der Waals surface area contributed by atoms with Crippen molar-refractivity contribution in [3.8, 4) is 0 Å². The molecule has 112 valence electrons. The van der Waals surface area contributed by atoms with Crippen molar-refractivity contribution >= 4 is 27.0 Å². The van der Waals surface area contributed by atoms with Crippen LogP contribution in [0.2, 0.25) is 0 Å². The Morgan fingerprint density at radius 1 is 1.33 bits per heavy atom. The lowest BCUT2D eigenvalue weighted by Crippen LogP contribution is -2.35. The van der Waals surface area contributed by atoms with Gasteiger partial charge in [0.25, 0.3) is 0 Å². The highest BCUT2D eigenvalue weighted by molar-refractivity contribution is 9.10. The van der Waals surface area contributed by atoms with E-state index in [1.807, 2.05) is 0 Å². The minimum Gasteiger partial charge on any atom is -0.328 e. The zero-order chi connectivity index (χ0) is 14.6. The Labute approximate surface area is 134 Å². The van der Waals surface area contributed by atoms with Gasteiger partial charge >= 0.3 is 0 Å². The number of hydrogen-bond acceptors (Lipinski definition) is 2. The van der Waals surface area contributed by atoms with E-state index in [0.29, 0.717) is 12.0 Å². The highest BCUT2D eigenvalue weighted by atomic mass is 79.9. The molecule has 2 fully saturated rings. The number of nitrogens with zero attached hydrogens (tertiary/aromatic N) is 2. The van der Waals surface area contributed by atoms with Crippen molar-refractivity contribution in [2.45, 2.75) is 51.1 Å². The van der Waals surface area contributed by atoms with E-state index in [-0.39, 0.29) is 0 Å². The molecule has 2 bridgehead atoms. The number of benzene rings is 1. The quantitative estimate of drug-likeness (QED) is 0.909. The topological polar surface area (TPSA) is 43.8 Å². The molecule has 4 rings (SSSR count). The first-order valence-corrected chi connectivity index (χ1v) is 8.89. The van der Waals surface area contributed by atoms with Crippen molar-refractivity contribution in [1.29, 1.82) is 0 Å². The molecule has 2 N–H and O–H groups in total. The summed E-state index contributed by atoms with van der Waals surface area (Å²) < 4.78 is 3.52. The van der Waals surface area contributed by atoms with E-state index in [1.165, 1.54) is 30.6 Å². The summed E-state index contributed by atoms with van der Waals surface area (Å²) in [6.45, 7) is 3.27. The van der Waals surface area contributed by atoms with Gasteiger partial charge in [0.2, 0.25) is 0 Å². The Hall–Kier alpha value is -0.870. The van der Waals surface area contributed by atoms with Crippen molar-refractivity contribution in [1.82, 2.24) is 9.55 Å². The van der Waals surface area contributed by atoms with Crippen molar-refractivity contribution in [3.63, 3.8) is 0 Å². The molecule has 4 heteroatoms. The van der Waals surface area contributed by atoms with Gasteiger partial charge in [-0.1, -0.05) is 22.9 Å². The van der Waals surface area contributed by atoms with E-state index >= 15 is 0 Å². The Balaban J connectivity index is 1.85. The minimum absolute atomic E-state index is 0.305. The maximum Gasteiger partial charge on any atom is 0.114 e. The third kappa shape index (κ3) is 2.07. The molecule has 21 heavy (non-hydrogen) atoms. The Morgan fingerprint density at radius 2 is 2.14 bits per heavy atom. The van der Waals surface area contributed by atoms with Crippen molar-refractivity contribution in [2.75, 3.05) is 0 Å². The number of hydrogen-bond donors (Lipinski definition) is 1. The van der Waals surface area contributed by atoms with E-state index < -0.39 is 0 Å². The molecule has 0 radical (unpaired) electrons. The number of fused-ring (bicyclic) bond motifs is 3. The summed E-state index contributed by atoms with van der Waals surface area (Å²) in [4.78, 5) is 5.00. The molecule has 2 aliphatic rings. The molecule has 0 saturated heterocycles. The summed E-state index contributed by atoms with van der Waals surface area (Å²) in [5.74, 6) is 3.17. The number of rotatable bonds is 3. The first-order chi connectivity index (χ1) is 10.2. The van der Waals surface area contributed by atoms with Gasteiger partial charge in [0.05, 0.1) is 11.0 Å². The summed E-state index contributed by atoms with van der Waals surface area (Å²) in [5.41, 5.74) is 8.90. The molecular formula is C17H22BrN3. The van der Waals surface area contributed by atoms with Gasteiger partial charge in [-0.2, -0.15) is 0 Å². The van der Waals surface area contributed by atoms with Crippen LogP contribution in [-0.4, -0.2) is 15.6 Å². The van der Waals surface area contributed by atoms with Crippen molar-refractivity contribution in [3.05, 3.63) is 28.5 Å². The molecule has 4 unspecified atom stereocenters. The number of imidazole rings is 1. The van der Waals surface area contributed by atoms with Crippen molar-refractivity contribution < 1.29 is 0 Å². The standard InChI is InChI=1S/C17H22BrN3/c1-2-7-21-14-6-5-12(18)9-13(14)20-17(21)15-10-3-4-11(8-10)16(15)19/h5-6,9-11,15-16H,2-4,7-8,19H2,1H3. The predicted molar refractivity (Wildman–Crippen MR) is 89.3 cm³/mol. The SMILES string of the molecule is CCCn1c(C2C3CCC(C3)C2N)nc2cc(Br)ccc21. The largest absolute Gasteiger partial charge is 0.328 e. The second-order valence-electron chi connectivity index (χ2n) is 6.69. The third-order valence-corrected chi connectivity index (χ3v) is 5.96. The van der Waals surface area contributed by atoms with Crippen LogP contribution in [0.15, 0.2) is 22.7 Å². The van der Waals surface area contributed by atoms with Crippen LogP contribution in [0.1, 0.15) is 44.3 Å². The molecule has 3 nitrogen and oxygen atoms in total. The molecular weight excluding hydrogens is 326 g/mol. The Bertz CT molecular complexity index is 676. The van der Waals surface area contributed by atoms with E-state index in [1.54, 1.807) is 0 Å². The summed E-state index contributed by atoms with van der Waals surface area (Å²) >= 11 is 3.56. The summed E-state index contributed by atoms with van der Waals surface area (Å²) in [6, 6.07) is 6.73. The van der Waals surface area contributed by atoms with Gasteiger partial charge in [-0.15, -0.1) is 0 Å². The summed E-state index contributed by atoms with van der Waals surface area (Å²) in [7, 11) is 0. The second-order valence-corrected chi connectivity index (χ2v) is 7.61. The van der Waals surface area contributed by atoms with Gasteiger partial charge in [-0.3, -0.25) is 0 Å². The Kier molecular flexibility index (Phi) is 3.34. The van der Waals surface area contributed by atoms with E-state index in [9.17, 15) is 0 Å². The minimum atomic E-state index is 0.305. The van der Waals surface area contributed by atoms with Crippen molar-refractivity contribution in [2.24, 2.45) is 17.6 Å². The van der Waals surface area contributed by atoms with E-state index in [0.717, 1.165) is 34.8 Å². The molecule has 0 amide bonds. The average molecular weight is 348 g/mol. The molecule has 2 aromatic rings. The fraction of sp³-hybridized carbons (Fsp3) is 0.588. The lowest BCUT2D eigenvalue weighted by Gasteiger charge is -2.28. The van der Waals surface area contributed by atoms with Gasteiger partial charge < -0.3 is 10.3 Å². The van der Waals surface area contributed by atoms with Gasteiger partial charge in [-0.25, -0.2) is 4.98 Å². The molecule has 2 aliphatic carbocycles. The highest BCUT2D eigenvalue weighted by Crippen LogP contribution is 2.52. The maximum absolute atomic E-state index is 6.55. The van der Waals surface area contributed by atoms with Crippen LogP contribution in [0.25, 0.3) is 11.0 Å². The first kappa shape index (κ1) is 13.8. The van der Waals surface area contributed by atoms with E-state index in [4.69, 9.17) is 10.7 Å². The van der Waals surface area contributed by atoms with Crippen LogP contribution >= 0.6 is 15.9 Å². The summed E-state index contributed by atoms with van der Waals surface area (Å²) in [6.07, 6.45) is 5.10. The van der Waals surface area contributed by atoms with Gasteiger partial charge in [0, 0.05) is 23.0 Å². The summed E-state index contributed by atoms with van der Waals surface area (Å²) in [5, 5.41) is 0. The molecule has 1 heterocycles. The molecule has 1 aromatic carbocycles. The van der Waals surface area contributed by atoms with Crippen LogP contribution in [-0.2, 0) is 6.54 Å². The molecule has 0 aliphatic heterocycles. The molecule has 2 saturated carbocycles. The number of halogens is 1. The zero-order valence-corrected chi connectivity index (χ0v) is 14.0. The molecule has 0 spiro atoms. The highest BCUT2D eigenvalue weighted by Gasteiger charge is 2.48. The fourth-order valence-corrected chi connectivity index (χ4v) is 4.90. The third-order valence-electron chi connectivity index (χ3n) is 5.47. The molecule has 4 atom stereocenters. The Morgan fingerprint density at radius 3 is 2.86 bits per heavy atom. The zero-order valence-electron chi connectivity index (χ0n) is 12.4.